The Morgan fingerprint density at radius 3 is 2.71 bits per heavy atom. The van der Waals surface area contributed by atoms with Gasteiger partial charge < -0.3 is 15.0 Å². The first-order valence-corrected chi connectivity index (χ1v) is 11.3. The summed E-state index contributed by atoms with van der Waals surface area (Å²) in [5.74, 6) is -0.174. The van der Waals surface area contributed by atoms with Gasteiger partial charge in [-0.3, -0.25) is 19.8 Å². The summed E-state index contributed by atoms with van der Waals surface area (Å²) in [5.41, 5.74) is 2.88. The van der Waals surface area contributed by atoms with Gasteiger partial charge in [0.05, 0.1) is 24.5 Å². The highest BCUT2D eigenvalue weighted by molar-refractivity contribution is 6.03. The van der Waals surface area contributed by atoms with Gasteiger partial charge in [0.15, 0.2) is 11.5 Å². The molecule has 0 radical (unpaired) electrons. The third-order valence-electron chi connectivity index (χ3n) is 5.91. The topological polar surface area (TPSA) is 142 Å². The minimum absolute atomic E-state index is 0.0579. The smallest absolute Gasteiger partial charge is 0.281 e. The fraction of sp³-hybridized carbons (Fsp3) is 0.250. The van der Waals surface area contributed by atoms with Crippen LogP contribution >= 0.6 is 0 Å². The molecule has 5 rings (SSSR count). The third kappa shape index (κ3) is 4.60. The van der Waals surface area contributed by atoms with Crippen LogP contribution in [0, 0.1) is 0 Å². The highest BCUT2D eigenvalue weighted by Gasteiger charge is 2.31. The van der Waals surface area contributed by atoms with E-state index in [0.717, 1.165) is 30.5 Å². The molecular formula is C24H24N8O3. The Morgan fingerprint density at radius 2 is 1.89 bits per heavy atom. The quantitative estimate of drug-likeness (QED) is 0.391. The average Bonchev–Trinajstić information content (AvgIpc) is 3.59. The number of aromatic amines is 2. The van der Waals surface area contributed by atoms with Crippen LogP contribution in [0.3, 0.4) is 0 Å². The van der Waals surface area contributed by atoms with Gasteiger partial charge in [0.1, 0.15) is 5.69 Å². The number of carbonyl (C=O) groups excluding carboxylic acids is 2. The molecule has 1 aliphatic rings. The number of anilines is 1. The molecule has 4 heterocycles. The lowest BCUT2D eigenvalue weighted by Gasteiger charge is -2.34. The Balaban J connectivity index is 1.33. The molecule has 0 spiro atoms. The van der Waals surface area contributed by atoms with Crippen LogP contribution in [0.15, 0.2) is 54.9 Å². The van der Waals surface area contributed by atoms with E-state index in [0.29, 0.717) is 23.8 Å². The lowest BCUT2D eigenvalue weighted by Crippen LogP contribution is -2.38. The van der Waals surface area contributed by atoms with E-state index in [1.54, 1.807) is 12.1 Å². The summed E-state index contributed by atoms with van der Waals surface area (Å²) in [4.78, 5) is 35.9. The first kappa shape index (κ1) is 22.3. The fourth-order valence-corrected chi connectivity index (χ4v) is 4.22. The number of H-pyrrole nitrogens is 2. The van der Waals surface area contributed by atoms with Crippen molar-refractivity contribution < 1.29 is 14.3 Å². The van der Waals surface area contributed by atoms with E-state index in [1.807, 2.05) is 35.2 Å². The highest BCUT2D eigenvalue weighted by Crippen LogP contribution is 2.32. The predicted molar refractivity (Wildman–Crippen MR) is 127 cm³/mol. The number of nitrogens with zero attached hydrogens (tertiary/aromatic N) is 5. The molecule has 1 atom stereocenters. The molecule has 4 aromatic rings. The van der Waals surface area contributed by atoms with Crippen LogP contribution < -0.4 is 10.1 Å². The number of hydrogen-bond acceptors (Lipinski definition) is 7. The summed E-state index contributed by atoms with van der Waals surface area (Å²) < 4.78 is 5.10. The minimum atomic E-state index is -0.490. The van der Waals surface area contributed by atoms with E-state index in [-0.39, 0.29) is 23.5 Å². The first-order chi connectivity index (χ1) is 17.1. The molecule has 3 aromatic heterocycles. The van der Waals surface area contributed by atoms with E-state index < -0.39 is 5.91 Å². The van der Waals surface area contributed by atoms with Crippen LogP contribution in [-0.4, -0.2) is 60.7 Å². The van der Waals surface area contributed by atoms with Gasteiger partial charge in [-0.05, 0) is 25.3 Å². The maximum absolute atomic E-state index is 13.4. The number of nitrogens with one attached hydrogen (secondary N) is 3. The number of benzene rings is 1. The summed E-state index contributed by atoms with van der Waals surface area (Å²) in [6.07, 6.45) is 5.52. The second-order valence-corrected chi connectivity index (χ2v) is 8.12. The molecule has 178 valence electrons. The Hall–Kier alpha value is -4.54. The summed E-state index contributed by atoms with van der Waals surface area (Å²) in [7, 11) is 1.42. The number of rotatable bonds is 6. The molecule has 11 nitrogen and oxygen atoms in total. The molecule has 0 bridgehead atoms. The minimum Gasteiger partial charge on any atom is -0.479 e. The molecule has 1 fully saturated rings. The van der Waals surface area contributed by atoms with E-state index in [4.69, 9.17) is 4.74 Å². The van der Waals surface area contributed by atoms with Crippen LogP contribution in [0.25, 0.3) is 11.3 Å². The van der Waals surface area contributed by atoms with E-state index in [1.165, 1.54) is 19.5 Å². The van der Waals surface area contributed by atoms with Crippen LogP contribution in [-0.2, 0) is 0 Å². The molecule has 1 aromatic carbocycles. The van der Waals surface area contributed by atoms with Gasteiger partial charge >= 0.3 is 0 Å². The Kier molecular flexibility index (Phi) is 6.20. The van der Waals surface area contributed by atoms with Gasteiger partial charge in [0.25, 0.3) is 11.8 Å². The van der Waals surface area contributed by atoms with Crippen molar-refractivity contribution in [3.8, 4) is 17.1 Å². The van der Waals surface area contributed by atoms with Crippen molar-refractivity contribution in [2.45, 2.75) is 25.3 Å². The standard InChI is InChI=1S/C24H24N8O3/c1-35-23-21(25-10-11-26-23)22(33)27-20-14-17(29-31-20)19-9-5-6-12-32(19)24(34)18-13-16(28-30-18)15-7-3-2-4-8-15/h2-4,7-8,10-11,13-14,19H,5-6,9,12H2,1H3,(H,28,30)(H2,27,29,31,33). The van der Waals surface area contributed by atoms with Crippen LogP contribution in [0.2, 0.25) is 0 Å². The molecule has 11 heteroatoms. The number of hydrogen-bond donors (Lipinski definition) is 3. The summed E-state index contributed by atoms with van der Waals surface area (Å²) in [5, 5.41) is 17.1. The molecule has 3 N–H and O–H groups in total. The first-order valence-electron chi connectivity index (χ1n) is 11.3. The number of aromatic nitrogens is 6. The van der Waals surface area contributed by atoms with Gasteiger partial charge in [0.2, 0.25) is 5.88 Å². The van der Waals surface area contributed by atoms with Crippen molar-refractivity contribution in [1.29, 1.82) is 0 Å². The largest absolute Gasteiger partial charge is 0.479 e. The number of carbonyl (C=O) groups is 2. The second kappa shape index (κ2) is 9.75. The van der Waals surface area contributed by atoms with Crippen molar-refractivity contribution in [3.63, 3.8) is 0 Å². The number of amides is 2. The van der Waals surface area contributed by atoms with E-state index in [2.05, 4.69) is 35.7 Å². The molecule has 1 saturated heterocycles. The van der Waals surface area contributed by atoms with Crippen molar-refractivity contribution >= 4 is 17.6 Å². The monoisotopic (exact) mass is 472 g/mol. The summed E-state index contributed by atoms with van der Waals surface area (Å²) >= 11 is 0. The van der Waals surface area contributed by atoms with Crippen LogP contribution in [0.4, 0.5) is 5.82 Å². The van der Waals surface area contributed by atoms with Crippen LogP contribution in [0.5, 0.6) is 5.88 Å². The lowest BCUT2D eigenvalue weighted by atomic mass is 9.98. The van der Waals surface area contributed by atoms with Crippen molar-refractivity contribution in [3.05, 3.63) is 71.9 Å². The number of ether oxygens (including phenoxy) is 1. The lowest BCUT2D eigenvalue weighted by molar-refractivity contribution is 0.0599. The fourth-order valence-electron chi connectivity index (χ4n) is 4.22. The van der Waals surface area contributed by atoms with Gasteiger partial charge in [-0.25, -0.2) is 9.97 Å². The van der Waals surface area contributed by atoms with Gasteiger partial charge in [-0.15, -0.1) is 0 Å². The number of piperidine rings is 1. The maximum atomic E-state index is 13.4. The summed E-state index contributed by atoms with van der Waals surface area (Å²) in [6, 6.07) is 13.0. The average molecular weight is 473 g/mol. The number of methoxy groups -OCH3 is 1. The number of likely N-dealkylation sites (tertiary alicyclic amines) is 1. The molecule has 35 heavy (non-hydrogen) atoms. The van der Waals surface area contributed by atoms with E-state index in [9.17, 15) is 9.59 Å². The molecule has 1 aliphatic heterocycles. The van der Waals surface area contributed by atoms with Gasteiger partial charge in [-0.2, -0.15) is 10.2 Å². The molecule has 0 aliphatic carbocycles. The Bertz CT molecular complexity index is 1330. The van der Waals surface area contributed by atoms with Crippen molar-refractivity contribution in [2.75, 3.05) is 19.0 Å². The Labute approximate surface area is 200 Å². The third-order valence-corrected chi connectivity index (χ3v) is 5.91. The molecular weight excluding hydrogens is 448 g/mol. The van der Waals surface area contributed by atoms with Gasteiger partial charge in [-0.1, -0.05) is 30.3 Å². The summed E-state index contributed by atoms with van der Waals surface area (Å²) in [6.45, 7) is 0.612. The maximum Gasteiger partial charge on any atom is 0.281 e. The zero-order chi connectivity index (χ0) is 24.2. The van der Waals surface area contributed by atoms with E-state index >= 15 is 0 Å². The van der Waals surface area contributed by atoms with Crippen molar-refractivity contribution in [2.24, 2.45) is 0 Å². The molecule has 2 amide bonds. The second-order valence-electron chi connectivity index (χ2n) is 8.12. The zero-order valence-electron chi connectivity index (χ0n) is 19.1. The SMILES string of the molecule is COc1nccnc1C(=O)Nc1cc(C2CCCCN2C(=O)c2cc(-c3ccccc3)n[nH]2)[nH]n1. The van der Waals surface area contributed by atoms with Gasteiger partial charge in [0, 0.05) is 30.6 Å². The Morgan fingerprint density at radius 1 is 1.06 bits per heavy atom. The molecule has 1 unspecified atom stereocenters. The zero-order valence-corrected chi connectivity index (χ0v) is 19.1. The highest BCUT2D eigenvalue weighted by atomic mass is 16.5. The predicted octanol–water partition coefficient (Wildman–Crippen LogP) is 3.22. The molecule has 0 saturated carbocycles. The normalized spacial score (nSPS) is 15.6. The van der Waals surface area contributed by atoms with Crippen LogP contribution in [0.1, 0.15) is 52.0 Å². The van der Waals surface area contributed by atoms with Crippen molar-refractivity contribution in [1.82, 2.24) is 35.3 Å².